The summed E-state index contributed by atoms with van der Waals surface area (Å²) in [5.41, 5.74) is 9.27. The highest BCUT2D eigenvalue weighted by molar-refractivity contribution is 5.34. The summed E-state index contributed by atoms with van der Waals surface area (Å²) in [6.07, 6.45) is 2.92. The van der Waals surface area contributed by atoms with E-state index in [-0.39, 0.29) is 6.04 Å². The summed E-state index contributed by atoms with van der Waals surface area (Å²) in [5.74, 6) is 0.462. The van der Waals surface area contributed by atoms with Crippen LogP contribution < -0.4 is 5.73 Å². The highest BCUT2D eigenvalue weighted by atomic mass is 15.3. The summed E-state index contributed by atoms with van der Waals surface area (Å²) >= 11 is 0. The minimum atomic E-state index is 0.202. The standard InChI is InChI=1S/C15H21N3/c1-11(2)15-8-9-18(17-15)14-6-4-13(5-7-14)10-12(3)16/h4-9,11-12H,10,16H2,1-3H3. The Labute approximate surface area is 109 Å². The van der Waals surface area contributed by atoms with Gasteiger partial charge in [0.2, 0.25) is 0 Å². The van der Waals surface area contributed by atoms with Crippen LogP contribution in [0.1, 0.15) is 37.9 Å². The SMILES string of the molecule is CC(N)Cc1ccc(-n2ccc(C(C)C)n2)cc1. The monoisotopic (exact) mass is 243 g/mol. The van der Waals surface area contributed by atoms with Crippen LogP contribution in [0.2, 0.25) is 0 Å². The molecule has 0 bridgehead atoms. The maximum absolute atomic E-state index is 5.79. The maximum atomic E-state index is 5.79. The van der Waals surface area contributed by atoms with Gasteiger partial charge in [-0.1, -0.05) is 26.0 Å². The summed E-state index contributed by atoms with van der Waals surface area (Å²) in [6, 6.07) is 10.7. The Kier molecular flexibility index (Phi) is 3.82. The lowest BCUT2D eigenvalue weighted by Gasteiger charge is -2.07. The molecule has 1 atom stereocenters. The molecule has 0 aliphatic heterocycles. The molecule has 3 nitrogen and oxygen atoms in total. The largest absolute Gasteiger partial charge is 0.328 e. The second kappa shape index (κ2) is 5.36. The second-order valence-corrected chi connectivity index (χ2v) is 5.19. The Morgan fingerprint density at radius 1 is 1.11 bits per heavy atom. The van der Waals surface area contributed by atoms with Crippen molar-refractivity contribution in [1.29, 1.82) is 0 Å². The van der Waals surface area contributed by atoms with Gasteiger partial charge in [0, 0.05) is 12.2 Å². The predicted octanol–water partition coefficient (Wildman–Crippen LogP) is 2.89. The third-order valence-electron chi connectivity index (χ3n) is 2.96. The predicted molar refractivity (Wildman–Crippen MR) is 75.0 cm³/mol. The average molecular weight is 243 g/mol. The number of hydrogen-bond acceptors (Lipinski definition) is 2. The highest BCUT2D eigenvalue weighted by Crippen LogP contribution is 2.15. The normalized spacial score (nSPS) is 12.9. The number of nitrogens with zero attached hydrogens (tertiary/aromatic N) is 2. The molecule has 0 radical (unpaired) electrons. The van der Waals surface area contributed by atoms with Gasteiger partial charge in [0.1, 0.15) is 0 Å². The van der Waals surface area contributed by atoms with E-state index in [1.165, 1.54) is 5.56 Å². The molecule has 2 aromatic rings. The van der Waals surface area contributed by atoms with Crippen LogP contribution in [0.15, 0.2) is 36.5 Å². The van der Waals surface area contributed by atoms with Gasteiger partial charge in [-0.3, -0.25) is 0 Å². The molecule has 0 saturated carbocycles. The summed E-state index contributed by atoms with van der Waals surface area (Å²) in [7, 11) is 0. The summed E-state index contributed by atoms with van der Waals surface area (Å²) in [4.78, 5) is 0. The van der Waals surface area contributed by atoms with Crippen molar-refractivity contribution >= 4 is 0 Å². The molecule has 2 rings (SSSR count). The summed E-state index contributed by atoms with van der Waals surface area (Å²) < 4.78 is 1.92. The van der Waals surface area contributed by atoms with Gasteiger partial charge >= 0.3 is 0 Å². The highest BCUT2D eigenvalue weighted by Gasteiger charge is 2.05. The molecule has 0 saturated heterocycles. The first-order valence-corrected chi connectivity index (χ1v) is 6.46. The van der Waals surface area contributed by atoms with Gasteiger partial charge in [0.25, 0.3) is 0 Å². The van der Waals surface area contributed by atoms with Crippen LogP contribution in [0.3, 0.4) is 0 Å². The zero-order chi connectivity index (χ0) is 13.1. The van der Waals surface area contributed by atoms with Gasteiger partial charge < -0.3 is 5.73 Å². The Hall–Kier alpha value is -1.61. The van der Waals surface area contributed by atoms with Crippen LogP contribution in [0, 0.1) is 0 Å². The van der Waals surface area contributed by atoms with Gasteiger partial charge in [-0.05, 0) is 43.0 Å². The molecule has 3 heteroatoms. The van der Waals surface area contributed by atoms with Crippen molar-refractivity contribution in [2.24, 2.45) is 5.73 Å². The van der Waals surface area contributed by atoms with E-state index in [0.717, 1.165) is 17.8 Å². The number of nitrogens with two attached hydrogens (primary N) is 1. The van der Waals surface area contributed by atoms with Crippen LogP contribution in [-0.2, 0) is 6.42 Å². The molecular formula is C15H21N3. The average Bonchev–Trinajstić information content (AvgIpc) is 2.78. The minimum absolute atomic E-state index is 0.202. The Bertz CT molecular complexity index is 495. The lowest BCUT2D eigenvalue weighted by molar-refractivity contribution is 0.736. The number of rotatable bonds is 4. The minimum Gasteiger partial charge on any atom is -0.328 e. The Morgan fingerprint density at radius 2 is 1.78 bits per heavy atom. The fraction of sp³-hybridized carbons (Fsp3) is 0.400. The fourth-order valence-corrected chi connectivity index (χ4v) is 1.95. The van der Waals surface area contributed by atoms with Crippen LogP contribution in [0.4, 0.5) is 0 Å². The van der Waals surface area contributed by atoms with E-state index < -0.39 is 0 Å². The van der Waals surface area contributed by atoms with E-state index in [9.17, 15) is 0 Å². The molecule has 2 N–H and O–H groups in total. The van der Waals surface area contributed by atoms with Gasteiger partial charge in [-0.25, -0.2) is 4.68 Å². The van der Waals surface area contributed by atoms with Crippen molar-refractivity contribution in [2.75, 3.05) is 0 Å². The Balaban J connectivity index is 2.17. The van der Waals surface area contributed by atoms with Crippen molar-refractivity contribution in [1.82, 2.24) is 9.78 Å². The molecule has 1 heterocycles. The molecule has 0 spiro atoms. The van der Waals surface area contributed by atoms with E-state index >= 15 is 0 Å². The number of hydrogen-bond donors (Lipinski definition) is 1. The van der Waals surface area contributed by atoms with Gasteiger partial charge in [0.05, 0.1) is 11.4 Å². The van der Waals surface area contributed by atoms with Crippen LogP contribution >= 0.6 is 0 Å². The number of aromatic nitrogens is 2. The van der Waals surface area contributed by atoms with Crippen LogP contribution in [0.5, 0.6) is 0 Å². The first-order chi connectivity index (χ1) is 8.56. The van der Waals surface area contributed by atoms with Crippen molar-refractivity contribution < 1.29 is 0 Å². The van der Waals surface area contributed by atoms with Crippen LogP contribution in [0.25, 0.3) is 5.69 Å². The van der Waals surface area contributed by atoms with Crippen LogP contribution in [-0.4, -0.2) is 15.8 Å². The van der Waals surface area contributed by atoms with Crippen molar-refractivity contribution in [2.45, 2.75) is 39.2 Å². The van der Waals surface area contributed by atoms with E-state index in [0.29, 0.717) is 5.92 Å². The summed E-state index contributed by atoms with van der Waals surface area (Å²) in [6.45, 7) is 6.33. The molecule has 0 aliphatic carbocycles. The van der Waals surface area contributed by atoms with E-state index in [4.69, 9.17) is 5.73 Å². The molecule has 0 aliphatic rings. The topological polar surface area (TPSA) is 43.8 Å². The van der Waals surface area contributed by atoms with Gasteiger partial charge in [-0.15, -0.1) is 0 Å². The van der Waals surface area contributed by atoms with Crippen molar-refractivity contribution in [3.63, 3.8) is 0 Å². The Morgan fingerprint density at radius 3 is 2.28 bits per heavy atom. The summed E-state index contributed by atoms with van der Waals surface area (Å²) in [5, 5.41) is 4.56. The van der Waals surface area contributed by atoms with Crippen molar-refractivity contribution in [3.8, 4) is 5.69 Å². The van der Waals surface area contributed by atoms with E-state index in [2.05, 4.69) is 49.3 Å². The molecule has 0 amide bonds. The zero-order valence-electron chi connectivity index (χ0n) is 11.3. The van der Waals surface area contributed by atoms with Crippen molar-refractivity contribution in [3.05, 3.63) is 47.8 Å². The van der Waals surface area contributed by atoms with Gasteiger partial charge in [-0.2, -0.15) is 5.10 Å². The lowest BCUT2D eigenvalue weighted by atomic mass is 10.1. The fourth-order valence-electron chi connectivity index (χ4n) is 1.95. The molecule has 18 heavy (non-hydrogen) atoms. The maximum Gasteiger partial charge on any atom is 0.0654 e. The lowest BCUT2D eigenvalue weighted by Crippen LogP contribution is -2.17. The smallest absolute Gasteiger partial charge is 0.0654 e. The third kappa shape index (κ3) is 2.99. The van der Waals surface area contributed by atoms with E-state index in [1.807, 2.05) is 17.8 Å². The number of benzene rings is 1. The first-order valence-electron chi connectivity index (χ1n) is 6.46. The first kappa shape index (κ1) is 12.8. The molecule has 1 unspecified atom stereocenters. The molecule has 0 fully saturated rings. The molecular weight excluding hydrogens is 222 g/mol. The molecule has 1 aromatic heterocycles. The molecule has 96 valence electrons. The van der Waals surface area contributed by atoms with Gasteiger partial charge in [0.15, 0.2) is 0 Å². The van der Waals surface area contributed by atoms with E-state index in [1.54, 1.807) is 0 Å². The second-order valence-electron chi connectivity index (χ2n) is 5.19. The molecule has 1 aromatic carbocycles. The quantitative estimate of drug-likeness (QED) is 0.897. The zero-order valence-corrected chi connectivity index (χ0v) is 11.3. The third-order valence-corrected chi connectivity index (χ3v) is 2.96.